The second-order valence-corrected chi connectivity index (χ2v) is 10.9. The summed E-state index contributed by atoms with van der Waals surface area (Å²) in [5, 5.41) is 12.4. The second-order valence-electron chi connectivity index (χ2n) is 7.73. The fraction of sp³-hybridized carbons (Fsp3) is 0.526. The first-order chi connectivity index (χ1) is 15.4. The van der Waals surface area contributed by atoms with E-state index in [-0.39, 0.29) is 53.2 Å². The maximum absolute atomic E-state index is 13.3. The van der Waals surface area contributed by atoms with Gasteiger partial charge in [-0.3, -0.25) is 4.72 Å². The molecule has 2 atom stereocenters. The number of aliphatic hydroxyl groups excluding tert-OH is 1. The molecular weight excluding hydrogens is 483 g/mol. The van der Waals surface area contributed by atoms with Crippen LogP contribution >= 0.6 is 11.8 Å². The van der Waals surface area contributed by atoms with E-state index in [0.29, 0.717) is 6.42 Å². The molecule has 0 aliphatic rings. The van der Waals surface area contributed by atoms with E-state index in [0.717, 1.165) is 30.2 Å². The van der Waals surface area contributed by atoms with Crippen LogP contribution in [0.25, 0.3) is 0 Å². The molecule has 1 aromatic carbocycles. The van der Waals surface area contributed by atoms with Gasteiger partial charge in [-0.25, -0.2) is 21.6 Å². The van der Waals surface area contributed by atoms with Crippen molar-refractivity contribution >= 4 is 33.7 Å². The van der Waals surface area contributed by atoms with Crippen LogP contribution in [-0.4, -0.2) is 59.2 Å². The van der Waals surface area contributed by atoms with E-state index < -0.39 is 27.5 Å². The minimum absolute atomic E-state index is 0.0366. The molecule has 1 aromatic heterocycles. The number of halogens is 3. The molecule has 2 aromatic rings. The molecule has 0 radical (unpaired) electrons. The quantitative estimate of drug-likeness (QED) is 0.292. The van der Waals surface area contributed by atoms with Gasteiger partial charge in [0, 0.05) is 17.4 Å². The number of aromatic nitrogens is 3. The summed E-state index contributed by atoms with van der Waals surface area (Å²) in [6.45, 7) is 5.46. The zero-order valence-electron chi connectivity index (χ0n) is 18.5. The van der Waals surface area contributed by atoms with E-state index in [1.54, 1.807) is 6.92 Å². The first kappa shape index (κ1) is 26.9. The number of nitrogens with zero attached hydrogens (tertiary/aromatic N) is 3. The molecule has 0 aliphatic carbocycles. The normalized spacial score (nSPS) is 13.6. The van der Waals surface area contributed by atoms with Crippen LogP contribution in [-0.2, 0) is 10.0 Å². The Morgan fingerprint density at radius 3 is 2.24 bits per heavy atom. The van der Waals surface area contributed by atoms with E-state index >= 15 is 0 Å². The molecule has 184 valence electrons. The van der Waals surface area contributed by atoms with Crippen molar-refractivity contribution in [2.45, 2.75) is 43.6 Å². The van der Waals surface area contributed by atoms with Gasteiger partial charge in [0.05, 0.1) is 18.9 Å². The fourth-order valence-corrected chi connectivity index (χ4v) is 3.86. The SMILES string of the molecule is CC(C)C[C@H](CO)Nc1nc(NS(C)(=O)=O)nc(S[C@@H](C)COc2cc(F)c(F)c(F)c2)n1. The summed E-state index contributed by atoms with van der Waals surface area (Å²) < 4.78 is 70.5. The van der Waals surface area contributed by atoms with Gasteiger partial charge in [-0.1, -0.05) is 25.6 Å². The number of sulfonamides is 1. The van der Waals surface area contributed by atoms with E-state index in [1.165, 1.54) is 0 Å². The number of thioether (sulfide) groups is 1. The molecule has 14 heteroatoms. The van der Waals surface area contributed by atoms with Crippen molar-refractivity contribution in [1.29, 1.82) is 0 Å². The van der Waals surface area contributed by atoms with Crippen LogP contribution < -0.4 is 14.8 Å². The number of hydrogen-bond acceptors (Lipinski definition) is 9. The van der Waals surface area contributed by atoms with Crippen molar-refractivity contribution in [1.82, 2.24) is 15.0 Å². The van der Waals surface area contributed by atoms with Gasteiger partial charge >= 0.3 is 0 Å². The van der Waals surface area contributed by atoms with Crippen LogP contribution in [0.15, 0.2) is 17.3 Å². The summed E-state index contributed by atoms with van der Waals surface area (Å²) >= 11 is 1.09. The number of rotatable bonds is 12. The molecule has 0 spiro atoms. The summed E-state index contributed by atoms with van der Waals surface area (Å²) in [4.78, 5) is 12.4. The van der Waals surface area contributed by atoms with E-state index in [9.17, 15) is 26.7 Å². The average molecular weight is 510 g/mol. The lowest BCUT2D eigenvalue weighted by atomic mass is 10.0. The monoisotopic (exact) mass is 509 g/mol. The lowest BCUT2D eigenvalue weighted by molar-refractivity contribution is 0.259. The summed E-state index contributed by atoms with van der Waals surface area (Å²) in [7, 11) is -3.67. The standard InChI is InChI=1S/C19H26F3N5O4S2/c1-10(2)5-12(8-28)23-17-24-18(27-33(4,29)30)26-19(25-17)32-11(3)9-31-13-6-14(20)16(22)15(21)7-13/h6-7,10-12,28H,5,8-9H2,1-4H3,(H2,23,24,25,26,27)/t11-,12+/m0/s1. The number of benzene rings is 1. The highest BCUT2D eigenvalue weighted by Crippen LogP contribution is 2.25. The first-order valence-electron chi connectivity index (χ1n) is 9.91. The topological polar surface area (TPSA) is 126 Å². The number of hydrogen-bond donors (Lipinski definition) is 3. The van der Waals surface area contributed by atoms with Crippen LogP contribution in [0.3, 0.4) is 0 Å². The van der Waals surface area contributed by atoms with Crippen molar-refractivity contribution in [3.63, 3.8) is 0 Å². The number of nitrogens with one attached hydrogen (secondary N) is 2. The molecule has 0 saturated carbocycles. The molecule has 0 amide bonds. The molecule has 3 N–H and O–H groups in total. The van der Waals surface area contributed by atoms with Crippen molar-refractivity contribution in [2.75, 3.05) is 29.5 Å². The van der Waals surface area contributed by atoms with Gasteiger partial charge in [0.2, 0.25) is 21.9 Å². The number of anilines is 2. The van der Waals surface area contributed by atoms with E-state index in [1.807, 2.05) is 13.8 Å². The summed E-state index contributed by atoms with van der Waals surface area (Å²) in [6.07, 6.45) is 1.57. The molecule has 0 bridgehead atoms. The van der Waals surface area contributed by atoms with Crippen molar-refractivity contribution in [3.8, 4) is 5.75 Å². The molecule has 0 aliphatic heterocycles. The van der Waals surface area contributed by atoms with E-state index in [4.69, 9.17) is 4.74 Å². The maximum Gasteiger partial charge on any atom is 0.242 e. The van der Waals surface area contributed by atoms with Gasteiger partial charge in [-0.05, 0) is 19.3 Å². The molecule has 1 heterocycles. The Labute approximate surface area is 194 Å². The van der Waals surface area contributed by atoms with Gasteiger partial charge in [0.25, 0.3) is 0 Å². The van der Waals surface area contributed by atoms with Crippen molar-refractivity contribution in [2.24, 2.45) is 5.92 Å². The fourth-order valence-electron chi connectivity index (χ4n) is 2.66. The van der Waals surface area contributed by atoms with Gasteiger partial charge in [0.15, 0.2) is 22.6 Å². The predicted octanol–water partition coefficient (Wildman–Crippen LogP) is 3.04. The first-order valence-corrected chi connectivity index (χ1v) is 12.7. The zero-order chi connectivity index (χ0) is 24.8. The smallest absolute Gasteiger partial charge is 0.242 e. The Bertz CT molecular complexity index is 1040. The van der Waals surface area contributed by atoms with Crippen LogP contribution in [0, 0.1) is 23.4 Å². The lowest BCUT2D eigenvalue weighted by Crippen LogP contribution is -2.27. The second kappa shape index (κ2) is 11.7. The predicted molar refractivity (Wildman–Crippen MR) is 119 cm³/mol. The van der Waals surface area contributed by atoms with Crippen LogP contribution in [0.2, 0.25) is 0 Å². The average Bonchev–Trinajstić information content (AvgIpc) is 2.68. The minimum atomic E-state index is -3.67. The van der Waals surface area contributed by atoms with Crippen LogP contribution in [0.5, 0.6) is 5.75 Å². The Morgan fingerprint density at radius 2 is 1.70 bits per heavy atom. The Kier molecular flexibility index (Phi) is 9.55. The number of aliphatic hydroxyl groups is 1. The van der Waals surface area contributed by atoms with Crippen molar-refractivity contribution in [3.05, 3.63) is 29.6 Å². The van der Waals surface area contributed by atoms with Crippen LogP contribution in [0.1, 0.15) is 27.2 Å². The van der Waals surface area contributed by atoms with E-state index in [2.05, 4.69) is 25.0 Å². The van der Waals surface area contributed by atoms with Gasteiger partial charge < -0.3 is 15.2 Å². The highest BCUT2D eigenvalue weighted by Gasteiger charge is 2.18. The summed E-state index contributed by atoms with van der Waals surface area (Å²) in [6, 6.07) is 1.11. The van der Waals surface area contributed by atoms with Gasteiger partial charge in [0.1, 0.15) is 12.4 Å². The lowest BCUT2D eigenvalue weighted by Gasteiger charge is -2.19. The van der Waals surface area contributed by atoms with Gasteiger partial charge in [-0.2, -0.15) is 15.0 Å². The molecule has 0 fully saturated rings. The molecule has 2 rings (SSSR count). The zero-order valence-corrected chi connectivity index (χ0v) is 20.1. The highest BCUT2D eigenvalue weighted by atomic mass is 32.2. The molecular formula is C19H26F3N5O4S2. The third-order valence-corrected chi connectivity index (χ3v) is 5.43. The molecule has 33 heavy (non-hydrogen) atoms. The Morgan fingerprint density at radius 1 is 1.09 bits per heavy atom. The Balaban J connectivity index is 2.16. The summed E-state index contributed by atoms with van der Waals surface area (Å²) in [5.41, 5.74) is 0. The van der Waals surface area contributed by atoms with Crippen LogP contribution in [0.4, 0.5) is 25.1 Å². The molecule has 0 unspecified atom stereocenters. The molecule has 0 saturated heterocycles. The maximum atomic E-state index is 13.3. The third-order valence-electron chi connectivity index (χ3n) is 3.95. The Hall–Kier alpha value is -2.32. The highest BCUT2D eigenvalue weighted by molar-refractivity contribution is 7.99. The number of ether oxygens (including phenoxy) is 1. The summed E-state index contributed by atoms with van der Waals surface area (Å²) in [5.74, 6) is -4.37. The van der Waals surface area contributed by atoms with Gasteiger partial charge in [-0.15, -0.1) is 0 Å². The largest absolute Gasteiger partial charge is 0.492 e. The minimum Gasteiger partial charge on any atom is -0.492 e. The van der Waals surface area contributed by atoms with Crippen molar-refractivity contribution < 1.29 is 31.4 Å². The molecule has 9 nitrogen and oxygen atoms in total. The third kappa shape index (κ3) is 9.21.